The molecule has 0 saturated carbocycles. The Morgan fingerprint density at radius 2 is 2.09 bits per heavy atom. The van der Waals surface area contributed by atoms with Gasteiger partial charge in [0.2, 0.25) is 5.91 Å². The molecule has 4 nitrogen and oxygen atoms in total. The lowest BCUT2D eigenvalue weighted by molar-refractivity contribution is -0.116. The van der Waals surface area contributed by atoms with Crippen molar-refractivity contribution in [3.63, 3.8) is 0 Å². The summed E-state index contributed by atoms with van der Waals surface area (Å²) in [7, 11) is 0. The van der Waals surface area contributed by atoms with E-state index in [0.29, 0.717) is 12.3 Å². The van der Waals surface area contributed by atoms with Gasteiger partial charge in [0.15, 0.2) is 0 Å². The minimum atomic E-state index is 0.0760. The summed E-state index contributed by atoms with van der Waals surface area (Å²) in [6, 6.07) is 5.67. The second kappa shape index (κ2) is 8.53. The molecule has 1 fully saturated rings. The molecule has 2 rings (SSSR count). The Kier molecular flexibility index (Phi) is 6.70. The van der Waals surface area contributed by atoms with Gasteiger partial charge >= 0.3 is 0 Å². The molecule has 0 aliphatic carbocycles. The SMILES string of the molecule is CC(C)Oc1cc(Br)cc(NC(=O)CCC2CCNCC2)c1. The molecule has 0 aromatic heterocycles. The average molecular weight is 369 g/mol. The molecule has 1 saturated heterocycles. The number of carbonyl (C=O) groups is 1. The third-order valence-corrected chi connectivity index (χ3v) is 4.22. The highest BCUT2D eigenvalue weighted by Crippen LogP contribution is 2.26. The lowest BCUT2D eigenvalue weighted by Gasteiger charge is -2.22. The van der Waals surface area contributed by atoms with Crippen LogP contribution >= 0.6 is 15.9 Å². The van der Waals surface area contributed by atoms with Gasteiger partial charge in [-0.05, 0) is 64.3 Å². The summed E-state index contributed by atoms with van der Waals surface area (Å²) in [4.78, 5) is 12.1. The number of nitrogens with one attached hydrogen (secondary N) is 2. The van der Waals surface area contributed by atoms with Gasteiger partial charge in [0.1, 0.15) is 5.75 Å². The normalized spacial score (nSPS) is 15.8. The molecule has 1 aromatic carbocycles. The van der Waals surface area contributed by atoms with E-state index in [4.69, 9.17) is 4.74 Å². The lowest BCUT2D eigenvalue weighted by Crippen LogP contribution is -2.28. The van der Waals surface area contributed by atoms with E-state index < -0.39 is 0 Å². The molecule has 1 heterocycles. The zero-order chi connectivity index (χ0) is 15.9. The van der Waals surface area contributed by atoms with E-state index in [1.165, 1.54) is 12.8 Å². The fraction of sp³-hybridized carbons (Fsp3) is 0.588. The summed E-state index contributed by atoms with van der Waals surface area (Å²) in [6.07, 6.45) is 4.01. The number of halogens is 1. The van der Waals surface area contributed by atoms with Gasteiger partial charge < -0.3 is 15.4 Å². The van der Waals surface area contributed by atoms with Crippen LogP contribution in [0.1, 0.15) is 39.5 Å². The van der Waals surface area contributed by atoms with Crippen LogP contribution in [0.4, 0.5) is 5.69 Å². The third-order valence-electron chi connectivity index (χ3n) is 3.77. The quantitative estimate of drug-likeness (QED) is 0.798. The molecule has 1 amide bonds. The van der Waals surface area contributed by atoms with E-state index in [1.807, 2.05) is 32.0 Å². The monoisotopic (exact) mass is 368 g/mol. The molecule has 1 aliphatic heterocycles. The van der Waals surface area contributed by atoms with Gasteiger partial charge in [-0.15, -0.1) is 0 Å². The Balaban J connectivity index is 1.86. The first-order valence-corrected chi connectivity index (χ1v) is 8.80. The van der Waals surface area contributed by atoms with Gasteiger partial charge in [0, 0.05) is 22.6 Å². The number of benzene rings is 1. The fourth-order valence-corrected chi connectivity index (χ4v) is 3.18. The van der Waals surface area contributed by atoms with Gasteiger partial charge in [-0.2, -0.15) is 0 Å². The maximum Gasteiger partial charge on any atom is 0.224 e. The minimum Gasteiger partial charge on any atom is -0.491 e. The van der Waals surface area contributed by atoms with Crippen molar-refractivity contribution in [3.05, 3.63) is 22.7 Å². The van der Waals surface area contributed by atoms with Crippen LogP contribution in [-0.4, -0.2) is 25.1 Å². The molecule has 0 atom stereocenters. The van der Waals surface area contributed by atoms with Crippen LogP contribution in [0, 0.1) is 5.92 Å². The van der Waals surface area contributed by atoms with Gasteiger partial charge in [-0.25, -0.2) is 0 Å². The van der Waals surface area contributed by atoms with Crippen molar-refractivity contribution in [1.82, 2.24) is 5.32 Å². The van der Waals surface area contributed by atoms with E-state index in [0.717, 1.165) is 35.4 Å². The van der Waals surface area contributed by atoms with Gasteiger partial charge in [-0.3, -0.25) is 4.79 Å². The van der Waals surface area contributed by atoms with Crippen molar-refractivity contribution in [1.29, 1.82) is 0 Å². The van der Waals surface area contributed by atoms with E-state index in [2.05, 4.69) is 26.6 Å². The van der Waals surface area contributed by atoms with Gasteiger partial charge in [-0.1, -0.05) is 15.9 Å². The fourth-order valence-electron chi connectivity index (χ4n) is 2.70. The minimum absolute atomic E-state index is 0.0760. The highest BCUT2D eigenvalue weighted by molar-refractivity contribution is 9.10. The molecule has 5 heteroatoms. The first kappa shape index (κ1) is 17.3. The molecule has 0 radical (unpaired) electrons. The number of amides is 1. The molecule has 1 aromatic rings. The number of carbonyl (C=O) groups excluding carboxylic acids is 1. The van der Waals surface area contributed by atoms with E-state index in [-0.39, 0.29) is 12.0 Å². The Hall–Kier alpha value is -1.07. The summed E-state index contributed by atoms with van der Waals surface area (Å²) >= 11 is 3.46. The first-order chi connectivity index (χ1) is 10.5. The number of anilines is 1. The highest BCUT2D eigenvalue weighted by atomic mass is 79.9. The molecular formula is C17H25BrN2O2. The Morgan fingerprint density at radius 3 is 2.77 bits per heavy atom. The average Bonchev–Trinajstić information content (AvgIpc) is 2.45. The van der Waals surface area contributed by atoms with Crippen LogP contribution in [0.3, 0.4) is 0 Å². The predicted octanol–water partition coefficient (Wildman–Crippen LogP) is 3.95. The summed E-state index contributed by atoms with van der Waals surface area (Å²) < 4.78 is 6.59. The second-order valence-electron chi connectivity index (χ2n) is 6.12. The van der Waals surface area contributed by atoms with Gasteiger partial charge in [0.05, 0.1) is 6.10 Å². The van der Waals surface area contributed by atoms with Crippen molar-refractivity contribution < 1.29 is 9.53 Å². The Labute approximate surface area is 141 Å². The zero-order valence-electron chi connectivity index (χ0n) is 13.3. The molecule has 22 heavy (non-hydrogen) atoms. The zero-order valence-corrected chi connectivity index (χ0v) is 14.9. The smallest absolute Gasteiger partial charge is 0.224 e. The molecule has 1 aliphatic rings. The summed E-state index contributed by atoms with van der Waals surface area (Å²) in [6.45, 7) is 6.12. The lowest BCUT2D eigenvalue weighted by atomic mass is 9.93. The van der Waals surface area contributed by atoms with E-state index in [9.17, 15) is 4.79 Å². The number of hydrogen-bond acceptors (Lipinski definition) is 3. The Bertz CT molecular complexity index is 499. The maximum atomic E-state index is 12.1. The number of ether oxygens (including phenoxy) is 1. The third kappa shape index (κ3) is 5.97. The predicted molar refractivity (Wildman–Crippen MR) is 93.4 cm³/mol. The summed E-state index contributed by atoms with van der Waals surface area (Å²) in [5.74, 6) is 1.51. The van der Waals surface area contributed by atoms with Crippen molar-refractivity contribution in [2.75, 3.05) is 18.4 Å². The number of piperidine rings is 1. The van der Waals surface area contributed by atoms with Crippen LogP contribution in [0.2, 0.25) is 0 Å². The molecular weight excluding hydrogens is 344 g/mol. The number of hydrogen-bond donors (Lipinski definition) is 2. The molecule has 0 bridgehead atoms. The molecule has 2 N–H and O–H groups in total. The van der Waals surface area contributed by atoms with E-state index >= 15 is 0 Å². The largest absolute Gasteiger partial charge is 0.491 e. The first-order valence-electron chi connectivity index (χ1n) is 8.01. The summed E-state index contributed by atoms with van der Waals surface area (Å²) in [5, 5.41) is 6.32. The van der Waals surface area contributed by atoms with Crippen LogP contribution in [0.5, 0.6) is 5.75 Å². The van der Waals surface area contributed by atoms with Crippen molar-refractivity contribution >= 4 is 27.5 Å². The van der Waals surface area contributed by atoms with Crippen LogP contribution in [0.15, 0.2) is 22.7 Å². The van der Waals surface area contributed by atoms with Crippen LogP contribution in [0.25, 0.3) is 0 Å². The van der Waals surface area contributed by atoms with Crippen molar-refractivity contribution in [2.45, 2.75) is 45.6 Å². The van der Waals surface area contributed by atoms with Crippen LogP contribution < -0.4 is 15.4 Å². The van der Waals surface area contributed by atoms with Crippen LogP contribution in [-0.2, 0) is 4.79 Å². The Morgan fingerprint density at radius 1 is 1.36 bits per heavy atom. The molecule has 0 unspecified atom stereocenters. The topological polar surface area (TPSA) is 50.4 Å². The van der Waals surface area contributed by atoms with E-state index in [1.54, 1.807) is 0 Å². The van der Waals surface area contributed by atoms with Crippen molar-refractivity contribution in [2.24, 2.45) is 5.92 Å². The molecule has 122 valence electrons. The van der Waals surface area contributed by atoms with Crippen molar-refractivity contribution in [3.8, 4) is 5.75 Å². The second-order valence-corrected chi connectivity index (χ2v) is 7.04. The van der Waals surface area contributed by atoms with Gasteiger partial charge in [0.25, 0.3) is 0 Å². The maximum absolute atomic E-state index is 12.1. The molecule has 0 spiro atoms. The standard InChI is InChI=1S/C17H25BrN2O2/c1-12(2)22-16-10-14(18)9-15(11-16)20-17(21)4-3-13-5-7-19-8-6-13/h9-13,19H,3-8H2,1-2H3,(H,20,21). The highest BCUT2D eigenvalue weighted by Gasteiger charge is 2.14. The summed E-state index contributed by atoms with van der Waals surface area (Å²) in [5.41, 5.74) is 0.778. The number of rotatable bonds is 6.